The largest absolute Gasteiger partial charge is 0.376 e. The molecule has 0 spiro atoms. The van der Waals surface area contributed by atoms with Crippen LogP contribution in [-0.2, 0) is 22.3 Å². The first-order chi connectivity index (χ1) is 9.78. The van der Waals surface area contributed by atoms with Gasteiger partial charge < -0.3 is 14.8 Å². The first kappa shape index (κ1) is 13.9. The fraction of sp³-hybridized carbons (Fsp3) is 0.733. The average molecular weight is 277 g/mol. The maximum absolute atomic E-state index is 5.71. The number of fused-ring (bicyclic) bond motifs is 1. The fourth-order valence-corrected chi connectivity index (χ4v) is 3.13. The number of ether oxygens (including phenoxy) is 2. The van der Waals surface area contributed by atoms with E-state index in [4.69, 9.17) is 14.5 Å². The van der Waals surface area contributed by atoms with Crippen LogP contribution in [0.25, 0.3) is 0 Å². The van der Waals surface area contributed by atoms with E-state index in [0.717, 1.165) is 30.9 Å². The molecule has 1 fully saturated rings. The molecule has 20 heavy (non-hydrogen) atoms. The Hall–Kier alpha value is -1.04. The number of hydrogen-bond donors (Lipinski definition) is 1. The monoisotopic (exact) mass is 277 g/mol. The summed E-state index contributed by atoms with van der Waals surface area (Å²) in [5.74, 6) is 1.50. The highest BCUT2D eigenvalue weighted by Gasteiger charge is 2.25. The molecule has 2 unspecified atom stereocenters. The zero-order chi connectivity index (χ0) is 13.9. The molecule has 0 bridgehead atoms. The Morgan fingerprint density at radius 3 is 2.95 bits per heavy atom. The molecule has 1 aliphatic carbocycles. The van der Waals surface area contributed by atoms with Crippen molar-refractivity contribution in [2.75, 3.05) is 33.4 Å². The van der Waals surface area contributed by atoms with Crippen molar-refractivity contribution in [3.05, 3.63) is 22.8 Å². The second kappa shape index (κ2) is 6.16. The van der Waals surface area contributed by atoms with Crippen molar-refractivity contribution < 1.29 is 9.47 Å². The molecule has 2 atom stereocenters. The van der Waals surface area contributed by atoms with Gasteiger partial charge in [-0.25, -0.2) is 9.97 Å². The minimum Gasteiger partial charge on any atom is -0.376 e. The molecule has 1 saturated heterocycles. The van der Waals surface area contributed by atoms with Gasteiger partial charge in [0.25, 0.3) is 0 Å². The van der Waals surface area contributed by atoms with Gasteiger partial charge in [0, 0.05) is 11.4 Å². The third kappa shape index (κ3) is 2.85. The van der Waals surface area contributed by atoms with E-state index in [1.54, 1.807) is 0 Å². The van der Waals surface area contributed by atoms with Crippen molar-refractivity contribution in [1.82, 2.24) is 15.3 Å². The standard InChI is InChI=1S/C15H23N3O2/c1-10-12-7-11(8-16-2)3-4-13(12)18-15(17-10)14-9-19-5-6-20-14/h11,14,16H,3-9H2,1-2H3. The highest BCUT2D eigenvalue weighted by molar-refractivity contribution is 5.28. The lowest BCUT2D eigenvalue weighted by Crippen LogP contribution is -2.28. The van der Waals surface area contributed by atoms with Gasteiger partial charge in [-0.15, -0.1) is 0 Å². The highest BCUT2D eigenvalue weighted by atomic mass is 16.6. The molecule has 110 valence electrons. The molecule has 1 aliphatic heterocycles. The number of nitrogens with one attached hydrogen (secondary N) is 1. The fourth-order valence-electron chi connectivity index (χ4n) is 3.13. The molecule has 0 amide bonds. The molecule has 0 radical (unpaired) electrons. The van der Waals surface area contributed by atoms with E-state index in [9.17, 15) is 0 Å². The van der Waals surface area contributed by atoms with Crippen LogP contribution in [0, 0.1) is 12.8 Å². The van der Waals surface area contributed by atoms with E-state index in [2.05, 4.69) is 17.2 Å². The average Bonchev–Trinajstić information content (AvgIpc) is 2.49. The van der Waals surface area contributed by atoms with E-state index in [-0.39, 0.29) is 6.10 Å². The molecule has 1 aromatic heterocycles. The highest BCUT2D eigenvalue weighted by Crippen LogP contribution is 2.28. The quantitative estimate of drug-likeness (QED) is 0.899. The third-order valence-corrected chi connectivity index (χ3v) is 4.20. The Bertz CT molecular complexity index is 472. The Labute approximate surface area is 120 Å². The summed E-state index contributed by atoms with van der Waals surface area (Å²) < 4.78 is 11.2. The number of rotatable bonds is 3. The van der Waals surface area contributed by atoms with Crippen molar-refractivity contribution in [2.24, 2.45) is 5.92 Å². The molecular weight excluding hydrogens is 254 g/mol. The van der Waals surface area contributed by atoms with Gasteiger partial charge in [-0.1, -0.05) is 0 Å². The molecule has 5 nitrogen and oxygen atoms in total. The van der Waals surface area contributed by atoms with Gasteiger partial charge in [0.15, 0.2) is 5.82 Å². The third-order valence-electron chi connectivity index (χ3n) is 4.20. The lowest BCUT2D eigenvalue weighted by Gasteiger charge is -2.27. The lowest BCUT2D eigenvalue weighted by atomic mass is 9.85. The van der Waals surface area contributed by atoms with E-state index in [1.807, 2.05) is 7.05 Å². The number of hydrogen-bond acceptors (Lipinski definition) is 5. The Balaban J connectivity index is 1.82. The molecule has 0 aromatic carbocycles. The molecule has 2 aliphatic rings. The van der Waals surface area contributed by atoms with Crippen LogP contribution < -0.4 is 5.32 Å². The van der Waals surface area contributed by atoms with E-state index >= 15 is 0 Å². The predicted octanol–water partition coefficient (Wildman–Crippen LogP) is 1.20. The van der Waals surface area contributed by atoms with Crippen molar-refractivity contribution in [3.8, 4) is 0 Å². The molecule has 2 heterocycles. The molecule has 5 heteroatoms. The van der Waals surface area contributed by atoms with Crippen molar-refractivity contribution in [3.63, 3.8) is 0 Å². The zero-order valence-corrected chi connectivity index (χ0v) is 12.3. The van der Waals surface area contributed by atoms with Crippen LogP contribution in [0.3, 0.4) is 0 Å². The normalized spacial score (nSPS) is 26.3. The van der Waals surface area contributed by atoms with Crippen LogP contribution in [0.4, 0.5) is 0 Å². The minimum absolute atomic E-state index is 0.0946. The van der Waals surface area contributed by atoms with E-state index in [0.29, 0.717) is 25.7 Å². The molecule has 1 N–H and O–H groups in total. The van der Waals surface area contributed by atoms with Gasteiger partial charge in [0.2, 0.25) is 0 Å². The lowest BCUT2D eigenvalue weighted by molar-refractivity contribution is -0.0936. The van der Waals surface area contributed by atoms with Crippen molar-refractivity contribution >= 4 is 0 Å². The maximum Gasteiger partial charge on any atom is 0.160 e. The van der Waals surface area contributed by atoms with Crippen LogP contribution in [0.2, 0.25) is 0 Å². The summed E-state index contributed by atoms with van der Waals surface area (Å²) in [7, 11) is 2.02. The molecule has 3 rings (SSSR count). The Morgan fingerprint density at radius 2 is 2.20 bits per heavy atom. The van der Waals surface area contributed by atoms with Gasteiger partial charge in [-0.05, 0) is 51.3 Å². The zero-order valence-electron chi connectivity index (χ0n) is 12.3. The van der Waals surface area contributed by atoms with E-state index in [1.165, 1.54) is 17.7 Å². The van der Waals surface area contributed by atoms with Gasteiger partial charge in [0.05, 0.1) is 19.8 Å². The Kier molecular flexibility index (Phi) is 4.29. The summed E-state index contributed by atoms with van der Waals surface area (Å²) in [4.78, 5) is 9.42. The molecular formula is C15H23N3O2. The first-order valence-corrected chi connectivity index (χ1v) is 7.48. The first-order valence-electron chi connectivity index (χ1n) is 7.48. The summed E-state index contributed by atoms with van der Waals surface area (Å²) >= 11 is 0. The minimum atomic E-state index is -0.0946. The molecule has 1 aromatic rings. The summed E-state index contributed by atoms with van der Waals surface area (Å²) in [5.41, 5.74) is 3.67. The van der Waals surface area contributed by atoms with Crippen molar-refractivity contribution in [1.29, 1.82) is 0 Å². The summed E-state index contributed by atoms with van der Waals surface area (Å²) in [6.45, 7) is 5.04. The maximum atomic E-state index is 5.71. The van der Waals surface area contributed by atoms with Gasteiger partial charge in [0.1, 0.15) is 6.10 Å². The number of aryl methyl sites for hydroxylation is 2. The molecule has 0 saturated carbocycles. The summed E-state index contributed by atoms with van der Waals surface area (Å²) in [6.07, 6.45) is 3.24. The Morgan fingerprint density at radius 1 is 1.30 bits per heavy atom. The summed E-state index contributed by atoms with van der Waals surface area (Å²) in [6, 6.07) is 0. The second-order valence-electron chi connectivity index (χ2n) is 5.69. The van der Waals surface area contributed by atoms with Crippen LogP contribution in [0.15, 0.2) is 0 Å². The van der Waals surface area contributed by atoms with Crippen LogP contribution in [0.1, 0.15) is 35.3 Å². The van der Waals surface area contributed by atoms with Crippen LogP contribution in [0.5, 0.6) is 0 Å². The van der Waals surface area contributed by atoms with Crippen LogP contribution >= 0.6 is 0 Å². The van der Waals surface area contributed by atoms with Crippen molar-refractivity contribution in [2.45, 2.75) is 32.3 Å². The van der Waals surface area contributed by atoms with Gasteiger partial charge in [-0.2, -0.15) is 0 Å². The predicted molar refractivity (Wildman–Crippen MR) is 75.7 cm³/mol. The van der Waals surface area contributed by atoms with Gasteiger partial charge in [-0.3, -0.25) is 0 Å². The van der Waals surface area contributed by atoms with Gasteiger partial charge >= 0.3 is 0 Å². The smallest absolute Gasteiger partial charge is 0.160 e. The SMILES string of the molecule is CNCC1CCc2nc(C3COCCO3)nc(C)c2C1. The number of aromatic nitrogens is 2. The number of nitrogens with zero attached hydrogens (tertiary/aromatic N) is 2. The topological polar surface area (TPSA) is 56.3 Å². The van der Waals surface area contributed by atoms with Crippen LogP contribution in [-0.4, -0.2) is 43.4 Å². The summed E-state index contributed by atoms with van der Waals surface area (Å²) in [5, 5.41) is 3.27. The second-order valence-corrected chi connectivity index (χ2v) is 5.69. The van der Waals surface area contributed by atoms with E-state index < -0.39 is 0 Å².